The van der Waals surface area contributed by atoms with Gasteiger partial charge in [-0.1, -0.05) is 384 Å². The van der Waals surface area contributed by atoms with Crippen LogP contribution in [0.3, 0.4) is 0 Å². The molecule has 0 atom stereocenters. The lowest BCUT2D eigenvalue weighted by molar-refractivity contribution is 1.10. The first kappa shape index (κ1) is 79.7. The predicted molar refractivity (Wildman–Crippen MR) is 537 cm³/mol. The number of anilines is 6. The van der Waals surface area contributed by atoms with Crippen molar-refractivity contribution >= 4 is 110 Å². The fraction of sp³-hybridized carbons (Fsp3) is 0.00855. The van der Waals surface area contributed by atoms with Crippen molar-refractivity contribution in [2.75, 3.05) is 9.80 Å². The van der Waals surface area contributed by atoms with E-state index in [1.54, 1.807) is 0 Å². The number of para-hydroxylation sites is 6. The van der Waals surface area contributed by atoms with E-state index in [2.05, 4.69) is 524 Å². The van der Waals surface area contributed by atoms with Gasteiger partial charge in [-0.05, 0) is 196 Å². The van der Waals surface area contributed by atoms with Crippen LogP contribution in [0.5, 0.6) is 0 Å². The van der Waals surface area contributed by atoms with Crippen LogP contribution in [0.1, 0.15) is 11.1 Å². The molecule has 4 heterocycles. The largest absolute Gasteiger partial charge is 0.311 e. The second-order valence-corrected chi connectivity index (χ2v) is 33.0. The molecule has 22 aromatic rings. The summed E-state index contributed by atoms with van der Waals surface area (Å²) in [6.07, 6.45) is 1.03. The summed E-state index contributed by atoms with van der Waals surface area (Å²) in [5.41, 5.74) is 32.1. The van der Waals surface area contributed by atoms with Gasteiger partial charge in [0.2, 0.25) is 0 Å². The molecular weight excluding hydrogens is 1680 g/mol. The van der Waals surface area contributed by atoms with Crippen molar-refractivity contribution in [3.05, 3.63) is 505 Å². The summed E-state index contributed by atoms with van der Waals surface area (Å²) in [6, 6.07) is 170. The van der Waals surface area contributed by atoms with Gasteiger partial charge in [0, 0.05) is 87.5 Å². The van der Waals surface area contributed by atoms with Gasteiger partial charge in [0.05, 0.1) is 22.4 Å². The number of nitrogens with zero attached hydrogens (tertiary/aromatic N) is 8. The molecule has 4 aromatic heterocycles. The molecule has 0 aliphatic rings. The molecule has 0 aliphatic heterocycles. The van der Waals surface area contributed by atoms with E-state index in [9.17, 15) is 0 Å². The number of imidazole rings is 2. The normalized spacial score (nSPS) is 11.1. The van der Waals surface area contributed by atoms with Crippen LogP contribution in [0, 0.1) is 0 Å². The maximum atomic E-state index is 5.48. The number of pyridine rings is 2. The highest BCUT2D eigenvalue weighted by molar-refractivity contribution is 9.10. The molecule has 0 saturated heterocycles. The third-order valence-corrected chi connectivity index (χ3v) is 24.1. The fourth-order valence-corrected chi connectivity index (χ4v) is 17.3. The monoisotopic (exact) mass is 1760 g/mol. The van der Waals surface area contributed by atoms with Crippen molar-refractivity contribution in [1.29, 1.82) is 0 Å². The Bertz CT molecular complexity index is 7370. The minimum absolute atomic E-state index is 0.862. The summed E-state index contributed by atoms with van der Waals surface area (Å²) in [4.78, 5) is 26.1. The molecule has 8 nitrogen and oxygen atoms in total. The number of aromatic nitrogens is 6. The van der Waals surface area contributed by atoms with E-state index in [1.165, 1.54) is 22.3 Å². The average Bonchev–Trinajstić information content (AvgIpc) is 1.58. The Kier molecular flexibility index (Phi) is 23.1. The molecule has 0 N–H and O–H groups in total. The SMILES string of the molecule is Brc1ccc(-c2ccc(-c3nc4ccccc4c4nc(-c5ccccc5)n(-c5ccc(-c6ccc(Br)cc6)cc5)c34)cc2)cc1.c1ccc(-c2nc3c4ccccc4nc(-c4ccc(-c5ccc(N(c6ccccc6)c6ccccc6)cc5)cc4)c3n2-c2ccc(-c3ccc(N(c4ccccc4)c4ccccc4)cc3)cc2)cc1.c1ccc(Cc2ccccc2)cc1. The Morgan fingerprint density at radius 3 is 0.724 bits per heavy atom. The summed E-state index contributed by atoms with van der Waals surface area (Å²) < 4.78 is 6.70. The Morgan fingerprint density at radius 1 is 0.197 bits per heavy atom. The smallest absolute Gasteiger partial charge is 0.145 e. The minimum atomic E-state index is 0.862. The highest BCUT2D eigenvalue weighted by Crippen LogP contribution is 2.44. The summed E-state index contributed by atoms with van der Waals surface area (Å²) >= 11 is 7.10. The second kappa shape index (κ2) is 36.8. The van der Waals surface area contributed by atoms with Gasteiger partial charge in [0.25, 0.3) is 0 Å². The Labute approximate surface area is 755 Å². The van der Waals surface area contributed by atoms with Crippen molar-refractivity contribution in [2.24, 2.45) is 0 Å². The summed E-state index contributed by atoms with van der Waals surface area (Å²) in [7, 11) is 0. The zero-order valence-corrected chi connectivity index (χ0v) is 72.4. The van der Waals surface area contributed by atoms with Gasteiger partial charge in [-0.2, -0.15) is 0 Å². The van der Waals surface area contributed by atoms with Crippen molar-refractivity contribution in [2.45, 2.75) is 6.42 Å². The number of benzene rings is 18. The summed E-state index contributed by atoms with van der Waals surface area (Å²) in [5, 5.41) is 2.05. The van der Waals surface area contributed by atoms with E-state index in [0.29, 0.717) is 0 Å². The van der Waals surface area contributed by atoms with Crippen molar-refractivity contribution in [3.63, 3.8) is 0 Å². The quantitative estimate of drug-likeness (QED) is 0.0853. The van der Waals surface area contributed by atoms with Crippen molar-refractivity contribution in [3.8, 4) is 101 Å². The van der Waals surface area contributed by atoms with Crippen LogP contribution in [-0.4, -0.2) is 29.1 Å². The second-order valence-electron chi connectivity index (χ2n) is 31.1. The third-order valence-electron chi connectivity index (χ3n) is 23.0. The zero-order chi connectivity index (χ0) is 85.2. The first-order valence-electron chi connectivity index (χ1n) is 42.6. The van der Waals surface area contributed by atoms with Gasteiger partial charge in [0.1, 0.15) is 33.7 Å². The number of fused-ring (bicyclic) bond motifs is 6. The van der Waals surface area contributed by atoms with Gasteiger partial charge in [-0.15, -0.1) is 0 Å². The van der Waals surface area contributed by atoms with Gasteiger partial charge < -0.3 is 9.80 Å². The molecule has 0 fully saturated rings. The molecule has 0 bridgehead atoms. The first-order valence-corrected chi connectivity index (χ1v) is 44.2. The molecule has 10 heteroatoms. The van der Waals surface area contributed by atoms with E-state index in [1.807, 2.05) is 12.1 Å². The lowest BCUT2D eigenvalue weighted by Crippen LogP contribution is -2.09. The number of hydrogen-bond donors (Lipinski definition) is 0. The lowest BCUT2D eigenvalue weighted by atomic mass is 10.0. The van der Waals surface area contributed by atoms with E-state index >= 15 is 0 Å². The summed E-state index contributed by atoms with van der Waals surface area (Å²) in [6.45, 7) is 0. The van der Waals surface area contributed by atoms with Gasteiger partial charge in [0.15, 0.2) is 0 Å². The van der Waals surface area contributed by atoms with E-state index < -0.39 is 0 Å². The van der Waals surface area contributed by atoms with Crippen molar-refractivity contribution in [1.82, 2.24) is 29.1 Å². The van der Waals surface area contributed by atoms with Crippen molar-refractivity contribution < 1.29 is 0 Å². The molecule has 0 unspecified atom stereocenters. The molecule has 0 amide bonds. The topological polar surface area (TPSA) is 67.9 Å². The molecule has 0 spiro atoms. The van der Waals surface area contributed by atoms with Crippen LogP contribution in [0.4, 0.5) is 34.1 Å². The number of halogens is 2. The molecule has 604 valence electrons. The average molecular weight is 1760 g/mol. The standard InChI is InChI=1S/C64H45N5.C40H25Br2N3.C13H12/c1-6-18-51(19-7-1)64-66-62-59-28-16-17-29-60(59)65-61(50-32-30-46(31-33-50)47-34-40-56(41-35-47)67(52-20-8-2-9-21-52)53-22-10-3-11-23-53)63(62)69(64)58-44-38-49(39-45-58)48-36-42-57(43-37-48)68(54-24-12-4-13-25-54)55-26-14-5-15-27-55;41-32-20-14-27(15-21-32)26-10-12-30(13-11-26)37-39-38(35-8-4-5-9-36(35)43-37)44-40(31-6-2-1-3-7-31)45(39)34-24-18-29(19-25-34)28-16-22-33(42)23-17-28;1-3-7-12(8-4-1)11-13-9-5-2-6-10-13/h1-45H;1-25H;1-10H,11H2. The van der Waals surface area contributed by atoms with Crippen LogP contribution in [-0.2, 0) is 6.42 Å². The third kappa shape index (κ3) is 17.2. The first-order chi connectivity index (χ1) is 62.8. The van der Waals surface area contributed by atoms with Crippen LogP contribution >= 0.6 is 31.9 Å². The molecule has 22 rings (SSSR count). The van der Waals surface area contributed by atoms with E-state index in [0.717, 1.165) is 183 Å². The summed E-state index contributed by atoms with van der Waals surface area (Å²) in [5.74, 6) is 1.74. The molecule has 0 aliphatic carbocycles. The minimum Gasteiger partial charge on any atom is -0.311 e. The van der Waals surface area contributed by atoms with E-state index in [4.69, 9.17) is 19.9 Å². The van der Waals surface area contributed by atoms with Crippen LogP contribution in [0.2, 0.25) is 0 Å². The Balaban J connectivity index is 0.000000149. The lowest BCUT2D eigenvalue weighted by Gasteiger charge is -2.25. The Hall–Kier alpha value is -15.7. The molecular formula is C117H82Br2N8. The molecule has 0 radical (unpaired) electrons. The molecule has 127 heavy (non-hydrogen) atoms. The maximum absolute atomic E-state index is 5.48. The molecule has 0 saturated carbocycles. The number of hydrogen-bond acceptors (Lipinski definition) is 6. The van der Waals surface area contributed by atoms with E-state index in [-0.39, 0.29) is 0 Å². The van der Waals surface area contributed by atoms with Crippen LogP contribution in [0.25, 0.3) is 145 Å². The predicted octanol–water partition coefficient (Wildman–Crippen LogP) is 32.2. The Morgan fingerprint density at radius 2 is 0.425 bits per heavy atom. The molecule has 18 aromatic carbocycles. The highest BCUT2D eigenvalue weighted by Gasteiger charge is 2.26. The maximum Gasteiger partial charge on any atom is 0.145 e. The van der Waals surface area contributed by atoms with Crippen LogP contribution < -0.4 is 9.80 Å². The van der Waals surface area contributed by atoms with Crippen LogP contribution in [0.15, 0.2) is 494 Å². The van der Waals surface area contributed by atoms with Gasteiger partial charge in [-0.25, -0.2) is 19.9 Å². The highest BCUT2D eigenvalue weighted by atomic mass is 79.9. The van der Waals surface area contributed by atoms with Gasteiger partial charge in [-0.3, -0.25) is 9.13 Å². The van der Waals surface area contributed by atoms with Gasteiger partial charge >= 0.3 is 0 Å². The number of rotatable bonds is 18. The fourth-order valence-electron chi connectivity index (χ4n) is 16.8. The zero-order valence-electron chi connectivity index (χ0n) is 69.2.